The van der Waals surface area contributed by atoms with Crippen LogP contribution in [-0.4, -0.2) is 24.5 Å². The normalized spacial score (nSPS) is 24.1. The molecule has 0 heterocycles. The summed E-state index contributed by atoms with van der Waals surface area (Å²) in [6, 6.07) is 0.909. The summed E-state index contributed by atoms with van der Waals surface area (Å²) >= 11 is 0. The number of amides is 1. The van der Waals surface area contributed by atoms with Crippen LogP contribution in [0.15, 0.2) is 0 Å². The Balaban J connectivity index is 1.63. The second-order valence-electron chi connectivity index (χ2n) is 6.82. The van der Waals surface area contributed by atoms with Crippen molar-refractivity contribution in [2.45, 2.75) is 89.6 Å². The molecule has 2 saturated carbocycles. The average Bonchev–Trinajstić information content (AvgIpc) is 2.74. The molecule has 0 unspecified atom stereocenters. The summed E-state index contributed by atoms with van der Waals surface area (Å²) in [4.78, 5) is 12.0. The van der Waals surface area contributed by atoms with E-state index in [4.69, 9.17) is 0 Å². The maximum Gasteiger partial charge on any atom is 0.234 e. The molecule has 2 N–H and O–H groups in total. The first-order valence-electron chi connectivity index (χ1n) is 8.78. The Morgan fingerprint density at radius 1 is 0.950 bits per heavy atom. The Morgan fingerprint density at radius 2 is 1.50 bits per heavy atom. The number of carbonyl (C=O) groups excluding carboxylic acids is 1. The smallest absolute Gasteiger partial charge is 0.234 e. The highest BCUT2D eigenvalue weighted by Gasteiger charge is 2.21. The van der Waals surface area contributed by atoms with Gasteiger partial charge in [0, 0.05) is 12.1 Å². The monoisotopic (exact) mass is 280 g/mol. The summed E-state index contributed by atoms with van der Waals surface area (Å²) in [7, 11) is 0. The van der Waals surface area contributed by atoms with Crippen LogP contribution < -0.4 is 10.6 Å². The van der Waals surface area contributed by atoms with Gasteiger partial charge in [-0.3, -0.25) is 4.79 Å². The summed E-state index contributed by atoms with van der Waals surface area (Å²) in [6.07, 6.45) is 14.4. The highest BCUT2D eigenvalue weighted by atomic mass is 16.1. The van der Waals surface area contributed by atoms with E-state index in [-0.39, 0.29) is 5.91 Å². The molecule has 116 valence electrons. The van der Waals surface area contributed by atoms with Gasteiger partial charge in [0.2, 0.25) is 5.91 Å². The highest BCUT2D eigenvalue weighted by Crippen LogP contribution is 2.26. The number of hydrogen-bond acceptors (Lipinski definition) is 2. The zero-order valence-electron chi connectivity index (χ0n) is 13.1. The molecular weight excluding hydrogens is 248 g/mol. The van der Waals surface area contributed by atoms with Crippen LogP contribution >= 0.6 is 0 Å². The van der Waals surface area contributed by atoms with Crippen molar-refractivity contribution in [3.8, 4) is 0 Å². The van der Waals surface area contributed by atoms with Crippen LogP contribution in [0.25, 0.3) is 0 Å². The minimum atomic E-state index is 0.194. The summed E-state index contributed by atoms with van der Waals surface area (Å²) < 4.78 is 0. The SMILES string of the molecule is C[C@H](NCC(=O)NC1CCCCCC1)C1CCCCC1. The molecule has 2 rings (SSSR count). The van der Waals surface area contributed by atoms with Crippen LogP contribution in [0.5, 0.6) is 0 Å². The number of carbonyl (C=O) groups is 1. The van der Waals surface area contributed by atoms with E-state index in [9.17, 15) is 4.79 Å². The lowest BCUT2D eigenvalue weighted by molar-refractivity contribution is -0.121. The van der Waals surface area contributed by atoms with Gasteiger partial charge in [0.05, 0.1) is 6.54 Å². The zero-order valence-corrected chi connectivity index (χ0v) is 13.1. The second-order valence-corrected chi connectivity index (χ2v) is 6.82. The Bertz CT molecular complexity index is 279. The molecular formula is C17H32N2O. The van der Waals surface area contributed by atoms with Gasteiger partial charge in [-0.05, 0) is 38.5 Å². The molecule has 0 bridgehead atoms. The van der Waals surface area contributed by atoms with E-state index in [1.165, 1.54) is 70.6 Å². The van der Waals surface area contributed by atoms with Crippen LogP contribution in [-0.2, 0) is 4.79 Å². The Labute approximate surface area is 124 Å². The molecule has 2 aliphatic carbocycles. The van der Waals surface area contributed by atoms with Gasteiger partial charge in [0.25, 0.3) is 0 Å². The number of hydrogen-bond donors (Lipinski definition) is 2. The van der Waals surface area contributed by atoms with Crippen molar-refractivity contribution in [3.63, 3.8) is 0 Å². The first kappa shape index (κ1) is 15.8. The van der Waals surface area contributed by atoms with E-state index in [2.05, 4.69) is 17.6 Å². The Kier molecular flexibility index (Phi) is 6.85. The zero-order chi connectivity index (χ0) is 14.2. The van der Waals surface area contributed by atoms with Crippen LogP contribution in [0.1, 0.15) is 77.6 Å². The van der Waals surface area contributed by atoms with Gasteiger partial charge in [-0.2, -0.15) is 0 Å². The summed E-state index contributed by atoms with van der Waals surface area (Å²) in [5.41, 5.74) is 0. The third-order valence-corrected chi connectivity index (χ3v) is 5.16. The molecule has 0 aliphatic heterocycles. The number of rotatable bonds is 5. The fourth-order valence-electron chi connectivity index (χ4n) is 3.76. The van der Waals surface area contributed by atoms with Crippen molar-refractivity contribution >= 4 is 5.91 Å². The summed E-state index contributed by atoms with van der Waals surface area (Å²) in [5.74, 6) is 0.967. The lowest BCUT2D eigenvalue weighted by Gasteiger charge is -2.28. The first-order chi connectivity index (χ1) is 9.75. The predicted molar refractivity (Wildman–Crippen MR) is 83.7 cm³/mol. The lowest BCUT2D eigenvalue weighted by atomic mass is 9.84. The van der Waals surface area contributed by atoms with Crippen molar-refractivity contribution < 1.29 is 4.79 Å². The molecule has 2 aliphatic rings. The van der Waals surface area contributed by atoms with E-state index < -0.39 is 0 Å². The van der Waals surface area contributed by atoms with Crippen LogP contribution in [0, 0.1) is 5.92 Å². The molecule has 0 aromatic heterocycles. The van der Waals surface area contributed by atoms with E-state index in [1.54, 1.807) is 0 Å². The van der Waals surface area contributed by atoms with Gasteiger partial charge in [-0.25, -0.2) is 0 Å². The van der Waals surface area contributed by atoms with Gasteiger partial charge < -0.3 is 10.6 Å². The molecule has 1 atom stereocenters. The standard InChI is InChI=1S/C17H32N2O/c1-14(15-9-5-4-6-10-15)18-13-17(20)19-16-11-7-2-3-8-12-16/h14-16,18H,2-13H2,1H3,(H,19,20)/t14-/m0/s1. The molecule has 0 aromatic rings. The van der Waals surface area contributed by atoms with Gasteiger partial charge >= 0.3 is 0 Å². The minimum Gasteiger partial charge on any atom is -0.352 e. The lowest BCUT2D eigenvalue weighted by Crippen LogP contribution is -2.44. The first-order valence-corrected chi connectivity index (χ1v) is 8.78. The fraction of sp³-hybridized carbons (Fsp3) is 0.941. The van der Waals surface area contributed by atoms with Gasteiger partial charge in [-0.15, -0.1) is 0 Å². The minimum absolute atomic E-state index is 0.194. The third-order valence-electron chi connectivity index (χ3n) is 5.16. The molecule has 0 radical (unpaired) electrons. The van der Waals surface area contributed by atoms with Gasteiger partial charge in [-0.1, -0.05) is 44.9 Å². The van der Waals surface area contributed by atoms with Crippen LogP contribution in [0.2, 0.25) is 0 Å². The topological polar surface area (TPSA) is 41.1 Å². The van der Waals surface area contributed by atoms with E-state index in [1.807, 2.05) is 0 Å². The maximum absolute atomic E-state index is 12.0. The van der Waals surface area contributed by atoms with E-state index >= 15 is 0 Å². The molecule has 0 spiro atoms. The second kappa shape index (κ2) is 8.66. The van der Waals surface area contributed by atoms with Gasteiger partial charge in [0.1, 0.15) is 0 Å². The molecule has 1 amide bonds. The quantitative estimate of drug-likeness (QED) is 0.758. The van der Waals surface area contributed by atoms with Crippen molar-refractivity contribution in [1.82, 2.24) is 10.6 Å². The number of nitrogens with one attached hydrogen (secondary N) is 2. The summed E-state index contributed by atoms with van der Waals surface area (Å²) in [6.45, 7) is 2.74. The van der Waals surface area contributed by atoms with E-state index in [0.29, 0.717) is 18.6 Å². The fourth-order valence-corrected chi connectivity index (χ4v) is 3.76. The average molecular weight is 280 g/mol. The highest BCUT2D eigenvalue weighted by molar-refractivity contribution is 5.78. The Morgan fingerprint density at radius 3 is 2.15 bits per heavy atom. The molecule has 2 fully saturated rings. The molecule has 20 heavy (non-hydrogen) atoms. The third kappa shape index (κ3) is 5.43. The van der Waals surface area contributed by atoms with Crippen molar-refractivity contribution in [3.05, 3.63) is 0 Å². The van der Waals surface area contributed by atoms with Crippen LogP contribution in [0.3, 0.4) is 0 Å². The van der Waals surface area contributed by atoms with Crippen molar-refractivity contribution in [2.24, 2.45) is 5.92 Å². The van der Waals surface area contributed by atoms with Crippen LogP contribution in [0.4, 0.5) is 0 Å². The van der Waals surface area contributed by atoms with Crippen molar-refractivity contribution in [2.75, 3.05) is 6.54 Å². The molecule has 0 saturated heterocycles. The van der Waals surface area contributed by atoms with E-state index in [0.717, 1.165) is 5.92 Å². The predicted octanol–water partition coefficient (Wildman–Crippen LogP) is 3.38. The molecule has 3 heteroatoms. The largest absolute Gasteiger partial charge is 0.352 e. The molecule has 3 nitrogen and oxygen atoms in total. The maximum atomic E-state index is 12.0. The Hall–Kier alpha value is -0.570. The van der Waals surface area contributed by atoms with Gasteiger partial charge in [0.15, 0.2) is 0 Å². The molecule has 0 aromatic carbocycles. The van der Waals surface area contributed by atoms with Crippen molar-refractivity contribution in [1.29, 1.82) is 0 Å². The summed E-state index contributed by atoms with van der Waals surface area (Å²) in [5, 5.41) is 6.66.